The van der Waals surface area contributed by atoms with Crippen molar-refractivity contribution in [2.45, 2.75) is 45.4 Å². The predicted octanol–water partition coefficient (Wildman–Crippen LogP) is 3.93. The van der Waals surface area contributed by atoms with Crippen molar-refractivity contribution in [1.29, 1.82) is 0 Å². The third kappa shape index (κ3) is 9.23. The summed E-state index contributed by atoms with van der Waals surface area (Å²) in [4.78, 5) is 6.88. The van der Waals surface area contributed by atoms with E-state index in [0.29, 0.717) is 0 Å². The Kier molecular flexibility index (Phi) is 11.6. The number of morpholine rings is 1. The second-order valence-corrected chi connectivity index (χ2v) is 9.10. The molecule has 182 valence electrons. The van der Waals surface area contributed by atoms with Crippen molar-refractivity contribution in [3.8, 4) is 0 Å². The van der Waals surface area contributed by atoms with Gasteiger partial charge >= 0.3 is 0 Å². The van der Waals surface area contributed by atoms with Crippen LogP contribution in [0, 0.1) is 0 Å². The van der Waals surface area contributed by atoms with Gasteiger partial charge in [0.15, 0.2) is 5.96 Å². The zero-order valence-corrected chi connectivity index (χ0v) is 22.8. The van der Waals surface area contributed by atoms with Crippen molar-refractivity contribution in [2.75, 3.05) is 39.9 Å². The summed E-state index contributed by atoms with van der Waals surface area (Å²) in [5.41, 5.74) is 3.86. The summed E-state index contributed by atoms with van der Waals surface area (Å²) < 4.78 is 5.48. The molecule has 0 aromatic heterocycles. The van der Waals surface area contributed by atoms with Gasteiger partial charge in [-0.2, -0.15) is 0 Å². The summed E-state index contributed by atoms with van der Waals surface area (Å²) in [6.07, 6.45) is 0. The first-order chi connectivity index (χ1) is 15.5. The van der Waals surface area contributed by atoms with Gasteiger partial charge in [0.05, 0.1) is 13.2 Å². The summed E-state index contributed by atoms with van der Waals surface area (Å²) in [5.74, 6) is 0.813. The molecule has 3 rings (SSSR count). The molecule has 0 aliphatic carbocycles. The Labute approximate surface area is 216 Å². The van der Waals surface area contributed by atoms with Gasteiger partial charge in [-0.3, -0.25) is 9.89 Å². The second kappa shape index (κ2) is 13.9. The third-order valence-electron chi connectivity index (χ3n) is 5.89. The quantitative estimate of drug-likeness (QED) is 0.245. The highest BCUT2D eigenvalue weighted by Crippen LogP contribution is 2.16. The van der Waals surface area contributed by atoms with Gasteiger partial charge < -0.3 is 20.7 Å². The number of nitrogens with one attached hydrogen (secondary N) is 3. The minimum atomic E-state index is -0.0961. The van der Waals surface area contributed by atoms with Crippen LogP contribution in [0.5, 0.6) is 0 Å². The molecule has 1 atom stereocenters. The number of halogens is 1. The zero-order chi connectivity index (χ0) is 22.8. The summed E-state index contributed by atoms with van der Waals surface area (Å²) in [7, 11) is 1.82. The van der Waals surface area contributed by atoms with Crippen LogP contribution in [0.25, 0.3) is 0 Å². The van der Waals surface area contributed by atoms with Crippen molar-refractivity contribution >= 4 is 29.9 Å². The lowest BCUT2D eigenvalue weighted by Crippen LogP contribution is -2.52. The summed E-state index contributed by atoms with van der Waals surface area (Å²) in [5, 5.41) is 10.7. The lowest BCUT2D eigenvalue weighted by Gasteiger charge is -2.31. The third-order valence-corrected chi connectivity index (χ3v) is 5.89. The van der Waals surface area contributed by atoms with Crippen LogP contribution in [-0.2, 0) is 17.8 Å². The minimum Gasteiger partial charge on any atom is -0.379 e. The number of rotatable bonds is 9. The Hall–Kier alpha value is -1.68. The number of nitrogens with zero attached hydrogens (tertiary/aromatic N) is 2. The van der Waals surface area contributed by atoms with Gasteiger partial charge in [0.1, 0.15) is 0 Å². The van der Waals surface area contributed by atoms with E-state index in [1.165, 1.54) is 16.7 Å². The molecule has 3 N–H and O–H groups in total. The molecule has 7 heteroatoms. The van der Waals surface area contributed by atoms with E-state index in [4.69, 9.17) is 4.74 Å². The van der Waals surface area contributed by atoms with Gasteiger partial charge in [-0.1, -0.05) is 54.6 Å². The van der Waals surface area contributed by atoms with Crippen LogP contribution in [0.4, 0.5) is 0 Å². The molecular formula is C26H40IN5O. The lowest BCUT2D eigenvalue weighted by atomic mass is 10.0. The molecule has 0 spiro atoms. The van der Waals surface area contributed by atoms with Crippen LogP contribution in [0.1, 0.15) is 43.5 Å². The maximum atomic E-state index is 5.48. The normalized spacial score (nSPS) is 16.1. The highest BCUT2D eigenvalue weighted by molar-refractivity contribution is 14.0. The highest BCUT2D eigenvalue weighted by Gasteiger charge is 2.21. The molecule has 1 aliphatic rings. The molecule has 2 aromatic rings. The topological polar surface area (TPSA) is 60.9 Å². The number of ether oxygens (including phenoxy) is 1. The molecule has 33 heavy (non-hydrogen) atoms. The fourth-order valence-electron chi connectivity index (χ4n) is 4.05. The summed E-state index contributed by atoms with van der Waals surface area (Å²) >= 11 is 0. The van der Waals surface area contributed by atoms with Crippen LogP contribution < -0.4 is 16.0 Å². The average molecular weight is 566 g/mol. The van der Waals surface area contributed by atoms with E-state index in [1.807, 2.05) is 7.05 Å². The van der Waals surface area contributed by atoms with Gasteiger partial charge in [0.25, 0.3) is 0 Å². The van der Waals surface area contributed by atoms with Crippen molar-refractivity contribution < 1.29 is 4.74 Å². The molecule has 0 amide bonds. The van der Waals surface area contributed by atoms with E-state index in [1.54, 1.807) is 0 Å². The number of hydrogen-bond acceptors (Lipinski definition) is 4. The maximum Gasteiger partial charge on any atom is 0.191 e. The van der Waals surface area contributed by atoms with Gasteiger partial charge in [-0.05, 0) is 37.5 Å². The molecule has 0 radical (unpaired) electrons. The van der Waals surface area contributed by atoms with Gasteiger partial charge in [0.2, 0.25) is 0 Å². The van der Waals surface area contributed by atoms with Crippen LogP contribution in [0.3, 0.4) is 0 Å². The number of benzene rings is 2. The predicted molar refractivity (Wildman–Crippen MR) is 148 cm³/mol. The number of guanidine groups is 1. The fraction of sp³-hybridized carbons (Fsp3) is 0.500. The van der Waals surface area contributed by atoms with E-state index in [9.17, 15) is 0 Å². The van der Waals surface area contributed by atoms with E-state index in [2.05, 4.69) is 101 Å². The Balaban J connectivity index is 0.00000385. The Morgan fingerprint density at radius 3 is 2.30 bits per heavy atom. The fourth-order valence-corrected chi connectivity index (χ4v) is 4.05. The lowest BCUT2D eigenvalue weighted by molar-refractivity contribution is 0.0341. The molecule has 2 aromatic carbocycles. The monoisotopic (exact) mass is 565 g/mol. The molecule has 1 aliphatic heterocycles. The molecule has 6 nitrogen and oxygen atoms in total. The van der Waals surface area contributed by atoms with Gasteiger partial charge in [-0.15, -0.1) is 24.0 Å². The molecule has 1 fully saturated rings. The largest absolute Gasteiger partial charge is 0.379 e. The van der Waals surface area contributed by atoms with Gasteiger partial charge in [0, 0.05) is 51.4 Å². The second-order valence-electron chi connectivity index (χ2n) is 9.10. The van der Waals surface area contributed by atoms with E-state index < -0.39 is 0 Å². The molecule has 1 heterocycles. The minimum absolute atomic E-state index is 0. The van der Waals surface area contributed by atoms with Crippen molar-refractivity contribution in [3.63, 3.8) is 0 Å². The SMILES string of the molecule is CN=C(NCc1ccccc1CN1CCOCC1)NCC(C)(C)NC(C)c1ccccc1.I. The van der Waals surface area contributed by atoms with Crippen molar-refractivity contribution in [3.05, 3.63) is 71.3 Å². The smallest absolute Gasteiger partial charge is 0.191 e. The molecule has 0 bridgehead atoms. The van der Waals surface area contributed by atoms with Crippen molar-refractivity contribution in [2.24, 2.45) is 4.99 Å². The van der Waals surface area contributed by atoms with Crippen molar-refractivity contribution in [1.82, 2.24) is 20.9 Å². The standard InChI is InChI=1S/C26H39N5O.HI/c1-21(22-10-6-5-7-11-22)30-26(2,3)20-29-25(27-4)28-18-23-12-8-9-13-24(23)19-31-14-16-32-17-15-31;/h5-13,21,30H,14-20H2,1-4H3,(H2,27,28,29);1H. The maximum absolute atomic E-state index is 5.48. The summed E-state index contributed by atoms with van der Waals surface area (Å²) in [6, 6.07) is 19.5. The Morgan fingerprint density at radius 1 is 1.00 bits per heavy atom. The van der Waals surface area contributed by atoms with E-state index >= 15 is 0 Å². The molecular weight excluding hydrogens is 525 g/mol. The first kappa shape index (κ1) is 27.6. The van der Waals surface area contributed by atoms with Crippen LogP contribution in [-0.4, -0.2) is 56.3 Å². The van der Waals surface area contributed by atoms with Crippen LogP contribution in [0.15, 0.2) is 59.6 Å². The molecule has 0 saturated carbocycles. The van der Waals surface area contributed by atoms with Crippen LogP contribution in [0.2, 0.25) is 0 Å². The Morgan fingerprint density at radius 2 is 1.64 bits per heavy atom. The Bertz CT molecular complexity index is 853. The first-order valence-corrected chi connectivity index (χ1v) is 11.6. The van der Waals surface area contributed by atoms with Gasteiger partial charge in [-0.25, -0.2) is 0 Å². The molecule has 1 unspecified atom stereocenters. The van der Waals surface area contributed by atoms with Crippen LogP contribution >= 0.6 is 24.0 Å². The zero-order valence-electron chi connectivity index (χ0n) is 20.4. The number of aliphatic imine (C=N–C) groups is 1. The average Bonchev–Trinajstić information content (AvgIpc) is 2.81. The summed E-state index contributed by atoms with van der Waals surface area (Å²) in [6.45, 7) is 12.7. The highest BCUT2D eigenvalue weighted by atomic mass is 127. The number of hydrogen-bond donors (Lipinski definition) is 3. The first-order valence-electron chi connectivity index (χ1n) is 11.6. The van der Waals surface area contributed by atoms with E-state index in [-0.39, 0.29) is 35.6 Å². The van der Waals surface area contributed by atoms with E-state index in [0.717, 1.165) is 51.9 Å². The molecule has 1 saturated heterocycles.